The molecule has 2 aromatic rings. The summed E-state index contributed by atoms with van der Waals surface area (Å²) in [6, 6.07) is 10.2. The van der Waals surface area contributed by atoms with Gasteiger partial charge in [-0.15, -0.1) is 0 Å². The van der Waals surface area contributed by atoms with E-state index < -0.39 is 5.97 Å². The summed E-state index contributed by atoms with van der Waals surface area (Å²) in [7, 11) is 3.10. The molecule has 0 N–H and O–H groups in total. The average Bonchev–Trinajstić information content (AvgIpc) is 2.62. The normalized spacial score (nSPS) is 10.8. The van der Waals surface area contributed by atoms with Gasteiger partial charge < -0.3 is 18.9 Å². The second-order valence-electron chi connectivity index (χ2n) is 5.63. The molecule has 5 nitrogen and oxygen atoms in total. The highest BCUT2D eigenvalue weighted by atomic mass is 35.5. The number of hydrogen-bond donors (Lipinski definition) is 0. The molecule has 138 valence electrons. The van der Waals surface area contributed by atoms with Gasteiger partial charge >= 0.3 is 5.97 Å². The Labute approximate surface area is 158 Å². The molecular weight excluding hydrogens is 356 g/mol. The lowest BCUT2D eigenvalue weighted by molar-refractivity contribution is -0.128. The summed E-state index contributed by atoms with van der Waals surface area (Å²) in [5.41, 5.74) is 0.689. The number of halogens is 1. The topological polar surface area (TPSA) is 54.0 Å². The summed E-state index contributed by atoms with van der Waals surface area (Å²) in [6.07, 6.45) is 2.87. The molecule has 2 rings (SSSR count). The zero-order chi connectivity index (χ0) is 19.1. The number of esters is 1. The molecule has 0 heterocycles. The molecule has 0 unspecified atom stereocenters. The Kier molecular flexibility index (Phi) is 6.92. The van der Waals surface area contributed by atoms with Gasteiger partial charge in [0.25, 0.3) is 0 Å². The summed E-state index contributed by atoms with van der Waals surface area (Å²) in [4.78, 5) is 12.0. The van der Waals surface area contributed by atoms with Crippen molar-refractivity contribution < 1.29 is 23.7 Å². The van der Waals surface area contributed by atoms with Gasteiger partial charge in [-0.1, -0.05) is 11.6 Å². The highest BCUT2D eigenvalue weighted by Gasteiger charge is 2.13. The molecule has 0 saturated heterocycles. The number of ether oxygens (including phenoxy) is 4. The van der Waals surface area contributed by atoms with Crippen LogP contribution in [-0.2, 0) is 4.79 Å². The number of rotatable bonds is 7. The molecule has 0 amide bonds. The number of carbonyl (C=O) groups is 1. The van der Waals surface area contributed by atoms with Gasteiger partial charge in [0.15, 0.2) is 11.5 Å². The Morgan fingerprint density at radius 3 is 2.27 bits per heavy atom. The molecule has 0 fully saturated rings. The first-order valence-corrected chi connectivity index (χ1v) is 8.39. The first kappa shape index (κ1) is 19.7. The largest absolute Gasteiger partial charge is 0.497 e. The van der Waals surface area contributed by atoms with Gasteiger partial charge in [-0.25, -0.2) is 4.79 Å². The third-order valence-corrected chi connectivity index (χ3v) is 3.58. The molecule has 0 atom stereocenters. The van der Waals surface area contributed by atoms with Gasteiger partial charge in [-0.05, 0) is 61.9 Å². The minimum Gasteiger partial charge on any atom is -0.497 e. The van der Waals surface area contributed by atoms with Crippen LogP contribution in [0.25, 0.3) is 6.08 Å². The maximum Gasteiger partial charge on any atom is 0.336 e. The van der Waals surface area contributed by atoms with E-state index in [0.717, 1.165) is 0 Å². The second-order valence-corrected chi connectivity index (χ2v) is 6.04. The van der Waals surface area contributed by atoms with Crippen LogP contribution in [0, 0.1) is 0 Å². The lowest BCUT2D eigenvalue weighted by Crippen LogP contribution is -2.07. The van der Waals surface area contributed by atoms with Crippen molar-refractivity contribution in [3.8, 4) is 23.0 Å². The van der Waals surface area contributed by atoms with Crippen molar-refractivity contribution in [2.75, 3.05) is 14.2 Å². The van der Waals surface area contributed by atoms with E-state index >= 15 is 0 Å². The summed E-state index contributed by atoms with van der Waals surface area (Å²) < 4.78 is 21.3. The molecule has 0 bridgehead atoms. The van der Waals surface area contributed by atoms with Crippen molar-refractivity contribution in [1.82, 2.24) is 0 Å². The van der Waals surface area contributed by atoms with Crippen LogP contribution in [0.15, 0.2) is 42.5 Å². The van der Waals surface area contributed by atoms with Gasteiger partial charge in [0, 0.05) is 6.08 Å². The maximum absolute atomic E-state index is 12.0. The molecule has 0 aliphatic heterocycles. The zero-order valence-electron chi connectivity index (χ0n) is 15.1. The molecule has 0 aromatic heterocycles. The molecule has 0 spiro atoms. The van der Waals surface area contributed by atoms with Crippen molar-refractivity contribution in [2.45, 2.75) is 20.0 Å². The molecule has 0 radical (unpaired) electrons. The van der Waals surface area contributed by atoms with Gasteiger partial charge in [0.1, 0.15) is 11.5 Å². The van der Waals surface area contributed by atoms with E-state index in [4.69, 9.17) is 30.5 Å². The quantitative estimate of drug-likeness (QED) is 0.396. The number of benzene rings is 2. The smallest absolute Gasteiger partial charge is 0.336 e. The zero-order valence-corrected chi connectivity index (χ0v) is 15.9. The molecule has 26 heavy (non-hydrogen) atoms. The molecular formula is C20H21ClO5. The number of hydrogen-bond acceptors (Lipinski definition) is 5. The summed E-state index contributed by atoms with van der Waals surface area (Å²) in [6.45, 7) is 3.80. The van der Waals surface area contributed by atoms with Crippen LogP contribution in [-0.4, -0.2) is 26.3 Å². The summed E-state index contributed by atoms with van der Waals surface area (Å²) in [5.74, 6) is 1.58. The predicted octanol–water partition coefficient (Wildman–Crippen LogP) is 4.76. The lowest BCUT2D eigenvalue weighted by Gasteiger charge is -2.15. The van der Waals surface area contributed by atoms with E-state index in [1.807, 2.05) is 13.8 Å². The monoisotopic (exact) mass is 376 g/mol. The van der Waals surface area contributed by atoms with E-state index in [9.17, 15) is 4.79 Å². The molecule has 0 saturated carbocycles. The minimum atomic E-state index is -0.507. The van der Waals surface area contributed by atoms with E-state index in [-0.39, 0.29) is 6.10 Å². The fraction of sp³-hybridized carbons (Fsp3) is 0.250. The Bertz CT molecular complexity index is 782. The molecule has 6 heteroatoms. The van der Waals surface area contributed by atoms with Gasteiger partial charge in [-0.2, -0.15) is 0 Å². The van der Waals surface area contributed by atoms with E-state index in [1.54, 1.807) is 49.6 Å². The molecule has 2 aromatic carbocycles. The van der Waals surface area contributed by atoms with Crippen molar-refractivity contribution >= 4 is 23.6 Å². The van der Waals surface area contributed by atoms with Crippen molar-refractivity contribution in [2.24, 2.45) is 0 Å². The fourth-order valence-electron chi connectivity index (χ4n) is 2.14. The van der Waals surface area contributed by atoms with Crippen LogP contribution in [0.5, 0.6) is 23.0 Å². The minimum absolute atomic E-state index is 0.0396. The van der Waals surface area contributed by atoms with Crippen LogP contribution < -0.4 is 18.9 Å². The highest BCUT2D eigenvalue weighted by Crippen LogP contribution is 2.37. The third-order valence-electron chi connectivity index (χ3n) is 3.30. The van der Waals surface area contributed by atoms with Crippen LogP contribution in [0.1, 0.15) is 19.4 Å². The first-order chi connectivity index (χ1) is 12.4. The Hall–Kier alpha value is -2.66. The van der Waals surface area contributed by atoms with E-state index in [0.29, 0.717) is 33.6 Å². The number of carbonyl (C=O) groups excluding carboxylic acids is 1. The van der Waals surface area contributed by atoms with Crippen molar-refractivity contribution in [3.63, 3.8) is 0 Å². The first-order valence-electron chi connectivity index (χ1n) is 8.01. The Balaban J connectivity index is 2.10. The maximum atomic E-state index is 12.0. The van der Waals surface area contributed by atoms with Gasteiger partial charge in [0.05, 0.1) is 25.3 Å². The van der Waals surface area contributed by atoms with E-state index in [2.05, 4.69) is 0 Å². The average molecular weight is 377 g/mol. The van der Waals surface area contributed by atoms with Crippen LogP contribution in [0.3, 0.4) is 0 Å². The summed E-state index contributed by atoms with van der Waals surface area (Å²) >= 11 is 6.26. The predicted molar refractivity (Wildman–Crippen MR) is 101 cm³/mol. The molecule has 0 aliphatic carbocycles. The van der Waals surface area contributed by atoms with Crippen molar-refractivity contribution in [3.05, 3.63) is 53.1 Å². The number of methoxy groups -OCH3 is 2. The SMILES string of the molecule is COc1ccc(OC(=O)/C=C/c2cc(Cl)c(OC(C)C)c(OC)c2)cc1. The Morgan fingerprint density at radius 2 is 1.69 bits per heavy atom. The third kappa shape index (κ3) is 5.43. The Morgan fingerprint density at radius 1 is 1.04 bits per heavy atom. The fourth-order valence-corrected chi connectivity index (χ4v) is 2.41. The molecule has 0 aliphatic rings. The van der Waals surface area contributed by atoms with Crippen LogP contribution >= 0.6 is 11.6 Å². The van der Waals surface area contributed by atoms with Crippen LogP contribution in [0.2, 0.25) is 5.02 Å². The second kappa shape index (κ2) is 9.15. The standard InChI is InChI=1S/C20H21ClO5/c1-13(2)25-20-17(21)11-14(12-18(20)24-4)5-10-19(22)26-16-8-6-15(23-3)7-9-16/h5-13H,1-4H3/b10-5+. The van der Waals surface area contributed by atoms with Crippen LogP contribution in [0.4, 0.5) is 0 Å². The van der Waals surface area contributed by atoms with Gasteiger partial charge in [-0.3, -0.25) is 0 Å². The highest BCUT2D eigenvalue weighted by molar-refractivity contribution is 6.32. The van der Waals surface area contributed by atoms with E-state index in [1.165, 1.54) is 13.2 Å². The van der Waals surface area contributed by atoms with Crippen molar-refractivity contribution in [1.29, 1.82) is 0 Å². The summed E-state index contributed by atoms with van der Waals surface area (Å²) in [5, 5.41) is 0.404. The lowest BCUT2D eigenvalue weighted by atomic mass is 10.2. The van der Waals surface area contributed by atoms with Gasteiger partial charge in [0.2, 0.25) is 0 Å².